The molecule has 4 aromatic rings. The molecule has 0 saturated carbocycles. The maximum Gasteiger partial charge on any atom is 0.266 e. The molecule has 0 fully saturated rings. The topological polar surface area (TPSA) is 65.1 Å². The van der Waals surface area contributed by atoms with Crippen molar-refractivity contribution >= 4 is 44.7 Å². The van der Waals surface area contributed by atoms with E-state index in [1.165, 1.54) is 16.9 Å². The molecule has 2 heterocycles. The molecule has 3 N–H and O–H groups in total. The van der Waals surface area contributed by atoms with Crippen molar-refractivity contribution in [3.63, 3.8) is 0 Å². The van der Waals surface area contributed by atoms with E-state index in [0.717, 1.165) is 45.9 Å². The number of likely N-dealkylation sites (N-methyl/N-ethyl adjacent to an activating group) is 1. The van der Waals surface area contributed by atoms with Gasteiger partial charge in [0.2, 0.25) is 0 Å². The molecule has 29 heavy (non-hydrogen) atoms. The Balaban J connectivity index is 0.00000240. The van der Waals surface area contributed by atoms with E-state index in [1.807, 2.05) is 25.4 Å². The highest BCUT2D eigenvalue weighted by molar-refractivity contribution is 7.17. The Morgan fingerprint density at radius 2 is 1.93 bits per heavy atom. The molecule has 0 aliphatic rings. The lowest BCUT2D eigenvalue weighted by Gasteiger charge is -2.17. The number of rotatable bonds is 5. The van der Waals surface area contributed by atoms with Gasteiger partial charge in [-0.15, -0.1) is 23.7 Å². The maximum absolute atomic E-state index is 12.4. The van der Waals surface area contributed by atoms with Crippen molar-refractivity contribution < 1.29 is 5.11 Å². The molecule has 0 amide bonds. The SMILES string of the molecule is CC[C@@H](CNC)c1ccc(-c2c(O)cc(C)c3[nH]c(=O)c4sccc4c23)cc1.Cl. The minimum atomic E-state index is -0.0783. The number of pyridine rings is 1. The summed E-state index contributed by atoms with van der Waals surface area (Å²) in [4.78, 5) is 15.5. The second kappa shape index (κ2) is 8.57. The van der Waals surface area contributed by atoms with E-state index in [-0.39, 0.29) is 23.7 Å². The van der Waals surface area contributed by atoms with Crippen LogP contribution in [-0.4, -0.2) is 23.7 Å². The van der Waals surface area contributed by atoms with Gasteiger partial charge < -0.3 is 15.4 Å². The fraction of sp³-hybridized carbons (Fsp3) is 0.261. The first kappa shape index (κ1) is 21.4. The number of H-pyrrole nitrogens is 1. The van der Waals surface area contributed by atoms with Gasteiger partial charge in [0.25, 0.3) is 5.56 Å². The number of nitrogens with one attached hydrogen (secondary N) is 2. The maximum atomic E-state index is 12.4. The number of thiophene rings is 1. The van der Waals surface area contributed by atoms with E-state index in [1.54, 1.807) is 6.07 Å². The molecule has 4 rings (SSSR count). The number of phenolic OH excluding ortho intramolecular Hbond substituents is 1. The van der Waals surface area contributed by atoms with Crippen LogP contribution in [0.4, 0.5) is 0 Å². The predicted octanol–water partition coefficient (Wildman–Crippen LogP) is 5.56. The summed E-state index contributed by atoms with van der Waals surface area (Å²) in [6, 6.07) is 12.1. The van der Waals surface area contributed by atoms with Crippen molar-refractivity contribution in [1.29, 1.82) is 0 Å². The molecule has 0 aliphatic carbocycles. The van der Waals surface area contributed by atoms with Gasteiger partial charge in [-0.05, 0) is 60.5 Å². The monoisotopic (exact) mass is 428 g/mol. The van der Waals surface area contributed by atoms with Crippen LogP contribution in [0.5, 0.6) is 5.75 Å². The Morgan fingerprint density at radius 1 is 1.21 bits per heavy atom. The quantitative estimate of drug-likeness (QED) is 0.390. The number of benzene rings is 2. The predicted molar refractivity (Wildman–Crippen MR) is 126 cm³/mol. The van der Waals surface area contributed by atoms with Gasteiger partial charge in [-0.25, -0.2) is 0 Å². The summed E-state index contributed by atoms with van der Waals surface area (Å²) in [5.41, 5.74) is 4.57. The van der Waals surface area contributed by atoms with Gasteiger partial charge in [-0.3, -0.25) is 4.79 Å². The molecule has 1 atom stereocenters. The van der Waals surface area contributed by atoms with Gasteiger partial charge in [0, 0.05) is 22.9 Å². The van der Waals surface area contributed by atoms with Crippen LogP contribution in [0.25, 0.3) is 32.1 Å². The lowest BCUT2D eigenvalue weighted by Crippen LogP contribution is -2.16. The minimum absolute atomic E-state index is 0. The third kappa shape index (κ3) is 3.66. The number of aromatic amines is 1. The van der Waals surface area contributed by atoms with Gasteiger partial charge in [-0.2, -0.15) is 0 Å². The van der Waals surface area contributed by atoms with Crippen molar-refractivity contribution in [2.75, 3.05) is 13.6 Å². The lowest BCUT2D eigenvalue weighted by molar-refractivity contribution is 0.477. The zero-order chi connectivity index (χ0) is 19.8. The number of phenols is 1. The highest BCUT2D eigenvalue weighted by atomic mass is 35.5. The summed E-state index contributed by atoms with van der Waals surface area (Å²) in [6.45, 7) is 5.04. The zero-order valence-electron chi connectivity index (χ0n) is 16.7. The largest absolute Gasteiger partial charge is 0.507 e. The van der Waals surface area contributed by atoms with Crippen molar-refractivity contribution in [1.82, 2.24) is 10.3 Å². The number of aromatic nitrogens is 1. The molecular weight excluding hydrogens is 404 g/mol. The molecule has 0 unspecified atom stereocenters. The molecular formula is C23H25ClN2O2S. The van der Waals surface area contributed by atoms with Crippen molar-refractivity contribution in [2.45, 2.75) is 26.2 Å². The van der Waals surface area contributed by atoms with Gasteiger partial charge >= 0.3 is 0 Å². The molecule has 0 saturated heterocycles. The molecule has 4 nitrogen and oxygen atoms in total. The van der Waals surface area contributed by atoms with Crippen LogP contribution in [0.15, 0.2) is 46.6 Å². The summed E-state index contributed by atoms with van der Waals surface area (Å²) < 4.78 is 0.690. The zero-order valence-corrected chi connectivity index (χ0v) is 18.3. The van der Waals surface area contributed by atoms with E-state index >= 15 is 0 Å². The first-order valence-electron chi connectivity index (χ1n) is 9.55. The first-order valence-corrected chi connectivity index (χ1v) is 10.4. The Labute approximate surface area is 180 Å². The molecule has 6 heteroatoms. The van der Waals surface area contributed by atoms with Crippen molar-refractivity contribution in [3.8, 4) is 16.9 Å². The summed E-state index contributed by atoms with van der Waals surface area (Å²) >= 11 is 1.43. The van der Waals surface area contributed by atoms with Gasteiger partial charge in [0.05, 0.1) is 5.52 Å². The van der Waals surface area contributed by atoms with Crippen LogP contribution in [0.1, 0.15) is 30.4 Å². The third-order valence-electron chi connectivity index (χ3n) is 5.50. The fourth-order valence-electron chi connectivity index (χ4n) is 4.04. The Hall–Kier alpha value is -2.34. The average Bonchev–Trinajstić information content (AvgIpc) is 3.18. The van der Waals surface area contributed by atoms with Crippen molar-refractivity contribution in [3.05, 3.63) is 63.3 Å². The van der Waals surface area contributed by atoms with Crippen LogP contribution in [-0.2, 0) is 0 Å². The Morgan fingerprint density at radius 3 is 2.59 bits per heavy atom. The summed E-state index contributed by atoms with van der Waals surface area (Å²) in [6.07, 6.45) is 1.07. The summed E-state index contributed by atoms with van der Waals surface area (Å²) in [5, 5.41) is 17.8. The van der Waals surface area contributed by atoms with Crippen LogP contribution < -0.4 is 10.9 Å². The molecule has 0 bridgehead atoms. The van der Waals surface area contributed by atoms with E-state index in [4.69, 9.17) is 0 Å². The number of aromatic hydroxyl groups is 1. The van der Waals surface area contributed by atoms with Crippen LogP contribution in [0.2, 0.25) is 0 Å². The smallest absolute Gasteiger partial charge is 0.266 e. The highest BCUT2D eigenvalue weighted by Crippen LogP contribution is 2.41. The second-order valence-corrected chi connectivity index (χ2v) is 8.16. The van der Waals surface area contributed by atoms with E-state index in [9.17, 15) is 9.90 Å². The van der Waals surface area contributed by atoms with Crippen LogP contribution in [0.3, 0.4) is 0 Å². The summed E-state index contributed by atoms with van der Waals surface area (Å²) in [5.74, 6) is 0.696. The minimum Gasteiger partial charge on any atom is -0.507 e. The number of hydrogen-bond acceptors (Lipinski definition) is 4. The van der Waals surface area contributed by atoms with Gasteiger partial charge in [-0.1, -0.05) is 31.2 Å². The molecule has 0 spiro atoms. The number of fused-ring (bicyclic) bond motifs is 3. The number of hydrogen-bond donors (Lipinski definition) is 3. The fourth-order valence-corrected chi connectivity index (χ4v) is 4.84. The molecule has 152 valence electrons. The van der Waals surface area contributed by atoms with Gasteiger partial charge in [0.15, 0.2) is 0 Å². The lowest BCUT2D eigenvalue weighted by atomic mass is 9.91. The third-order valence-corrected chi connectivity index (χ3v) is 6.41. The van der Waals surface area contributed by atoms with Crippen molar-refractivity contribution in [2.24, 2.45) is 0 Å². The molecule has 2 aromatic heterocycles. The van der Waals surface area contributed by atoms with E-state index in [0.29, 0.717) is 10.6 Å². The second-order valence-electron chi connectivity index (χ2n) is 7.24. The van der Waals surface area contributed by atoms with Gasteiger partial charge in [0.1, 0.15) is 10.4 Å². The molecule has 0 aliphatic heterocycles. The standard InChI is InChI=1S/C23H24N2O2S.ClH/c1-4-14(12-24-3)15-5-7-16(8-6-15)19-18(26)11-13(2)21-20(19)17-9-10-28-22(17)23(27)25-21;/h5-11,14,24,26H,4,12H2,1-3H3,(H,25,27);1H/t14-;/m0./s1. The Bertz CT molecular complexity index is 1210. The highest BCUT2D eigenvalue weighted by Gasteiger charge is 2.18. The molecule has 2 aromatic carbocycles. The number of halogens is 1. The molecule has 0 radical (unpaired) electrons. The Kier molecular flexibility index (Phi) is 6.32. The normalized spacial score (nSPS) is 12.2. The average molecular weight is 429 g/mol. The van der Waals surface area contributed by atoms with E-state index in [2.05, 4.69) is 41.5 Å². The van der Waals surface area contributed by atoms with Crippen LogP contribution in [0, 0.1) is 6.92 Å². The van der Waals surface area contributed by atoms with Crippen LogP contribution >= 0.6 is 23.7 Å². The summed E-state index contributed by atoms with van der Waals surface area (Å²) in [7, 11) is 1.97. The number of aryl methyl sites for hydroxylation is 1. The first-order chi connectivity index (χ1) is 13.5. The van der Waals surface area contributed by atoms with E-state index < -0.39 is 0 Å².